The number of hydrogen-bond donors (Lipinski definition) is 0. The van der Waals surface area contributed by atoms with Crippen LogP contribution in [0.1, 0.15) is 16.7 Å². The zero-order valence-corrected chi connectivity index (χ0v) is 14.2. The molecular weight excluding hydrogens is 322 g/mol. The van der Waals surface area contributed by atoms with E-state index in [4.69, 9.17) is 4.42 Å². The maximum absolute atomic E-state index is 12.7. The summed E-state index contributed by atoms with van der Waals surface area (Å²) in [6, 6.07) is 19.3. The van der Waals surface area contributed by atoms with Crippen molar-refractivity contribution in [2.45, 2.75) is 6.92 Å². The SMILES string of the molecule is Cc1ccc2c(-c3ccccc3)c(C#Cc3cccnc3)c(=O)oc2c1. The molecule has 0 amide bonds. The summed E-state index contributed by atoms with van der Waals surface area (Å²) in [7, 11) is 0. The molecule has 0 fully saturated rings. The second-order valence-corrected chi connectivity index (χ2v) is 6.00. The van der Waals surface area contributed by atoms with Gasteiger partial charge in [-0.15, -0.1) is 0 Å². The van der Waals surface area contributed by atoms with E-state index in [1.54, 1.807) is 12.4 Å². The van der Waals surface area contributed by atoms with Crippen LogP contribution < -0.4 is 5.63 Å². The van der Waals surface area contributed by atoms with Gasteiger partial charge in [-0.1, -0.05) is 54.3 Å². The molecule has 0 aliphatic carbocycles. The van der Waals surface area contributed by atoms with Crippen molar-refractivity contribution in [3.63, 3.8) is 0 Å². The molecule has 3 heteroatoms. The Morgan fingerprint density at radius 1 is 0.962 bits per heavy atom. The van der Waals surface area contributed by atoms with E-state index in [1.807, 2.05) is 67.6 Å². The van der Waals surface area contributed by atoms with Crippen LogP contribution >= 0.6 is 0 Å². The Hall–Kier alpha value is -3.64. The first-order valence-electron chi connectivity index (χ1n) is 8.27. The van der Waals surface area contributed by atoms with Gasteiger partial charge in [0, 0.05) is 28.9 Å². The van der Waals surface area contributed by atoms with E-state index >= 15 is 0 Å². The van der Waals surface area contributed by atoms with Crippen LogP contribution in [-0.2, 0) is 0 Å². The number of rotatable bonds is 1. The molecule has 2 heterocycles. The number of fused-ring (bicyclic) bond motifs is 1. The van der Waals surface area contributed by atoms with Crippen LogP contribution in [0.15, 0.2) is 82.3 Å². The van der Waals surface area contributed by atoms with Gasteiger partial charge in [-0.25, -0.2) is 4.79 Å². The van der Waals surface area contributed by atoms with Crippen molar-refractivity contribution in [3.05, 3.63) is 100 Å². The van der Waals surface area contributed by atoms with E-state index in [0.717, 1.165) is 27.6 Å². The summed E-state index contributed by atoms with van der Waals surface area (Å²) in [6.07, 6.45) is 3.36. The number of nitrogens with zero attached hydrogens (tertiary/aromatic N) is 1. The average molecular weight is 337 g/mol. The normalized spacial score (nSPS) is 10.3. The van der Waals surface area contributed by atoms with Crippen molar-refractivity contribution >= 4 is 11.0 Å². The molecule has 124 valence electrons. The third-order valence-corrected chi connectivity index (χ3v) is 4.12. The van der Waals surface area contributed by atoms with Gasteiger partial charge in [0.25, 0.3) is 0 Å². The lowest BCUT2D eigenvalue weighted by Gasteiger charge is -2.09. The fourth-order valence-corrected chi connectivity index (χ4v) is 2.90. The Labute approximate surface area is 151 Å². The smallest absolute Gasteiger partial charge is 0.352 e. The predicted octanol–water partition coefficient (Wildman–Crippen LogP) is 4.56. The summed E-state index contributed by atoms with van der Waals surface area (Å²) in [6.45, 7) is 1.97. The molecule has 2 aromatic carbocycles. The van der Waals surface area contributed by atoms with Gasteiger partial charge in [0.05, 0.1) is 0 Å². The highest BCUT2D eigenvalue weighted by Crippen LogP contribution is 2.30. The molecule has 0 aliphatic heterocycles. The lowest BCUT2D eigenvalue weighted by molar-refractivity contribution is 0.559. The Bertz CT molecular complexity index is 1200. The Kier molecular flexibility index (Phi) is 4.09. The van der Waals surface area contributed by atoms with Crippen LogP contribution in [-0.4, -0.2) is 4.98 Å². The first kappa shape index (κ1) is 15.9. The Morgan fingerprint density at radius 2 is 1.81 bits per heavy atom. The molecule has 26 heavy (non-hydrogen) atoms. The standard InChI is InChI=1S/C23H15NO2/c1-16-9-11-19-21(14-16)26-23(25)20(12-10-17-6-5-13-24-15-17)22(19)18-7-3-2-4-8-18/h2-9,11,13-15H,1H3. The highest BCUT2D eigenvalue weighted by Gasteiger charge is 2.15. The maximum atomic E-state index is 12.7. The minimum atomic E-state index is -0.432. The van der Waals surface area contributed by atoms with E-state index in [2.05, 4.69) is 16.8 Å². The van der Waals surface area contributed by atoms with E-state index in [1.165, 1.54) is 0 Å². The molecule has 0 aliphatic rings. The number of benzene rings is 2. The molecule has 4 aromatic rings. The quantitative estimate of drug-likeness (QED) is 0.378. The van der Waals surface area contributed by atoms with Gasteiger partial charge < -0.3 is 4.42 Å². The molecule has 0 saturated heterocycles. The van der Waals surface area contributed by atoms with E-state index in [-0.39, 0.29) is 0 Å². The summed E-state index contributed by atoms with van der Waals surface area (Å²) in [5, 5.41) is 0.872. The molecule has 4 rings (SSSR count). The van der Waals surface area contributed by atoms with Crippen molar-refractivity contribution in [3.8, 4) is 23.0 Å². The van der Waals surface area contributed by atoms with E-state index in [0.29, 0.717) is 11.1 Å². The van der Waals surface area contributed by atoms with Gasteiger partial charge in [-0.2, -0.15) is 0 Å². The summed E-state index contributed by atoms with van der Waals surface area (Å²) in [5.74, 6) is 6.02. The first-order chi connectivity index (χ1) is 12.7. The maximum Gasteiger partial charge on any atom is 0.352 e. The minimum Gasteiger partial charge on any atom is -0.422 e. The Morgan fingerprint density at radius 3 is 2.58 bits per heavy atom. The zero-order chi connectivity index (χ0) is 17.9. The zero-order valence-electron chi connectivity index (χ0n) is 14.2. The fourth-order valence-electron chi connectivity index (χ4n) is 2.90. The molecule has 3 nitrogen and oxygen atoms in total. The van der Waals surface area contributed by atoms with Crippen molar-refractivity contribution in [1.29, 1.82) is 0 Å². The summed E-state index contributed by atoms with van der Waals surface area (Å²) >= 11 is 0. The van der Waals surface area contributed by atoms with Gasteiger partial charge >= 0.3 is 5.63 Å². The van der Waals surface area contributed by atoms with Crippen molar-refractivity contribution in [2.24, 2.45) is 0 Å². The van der Waals surface area contributed by atoms with E-state index in [9.17, 15) is 4.79 Å². The van der Waals surface area contributed by atoms with Gasteiger partial charge in [0.15, 0.2) is 0 Å². The topological polar surface area (TPSA) is 43.1 Å². The van der Waals surface area contributed by atoms with Gasteiger partial charge in [-0.3, -0.25) is 4.98 Å². The number of pyridine rings is 1. The van der Waals surface area contributed by atoms with Crippen LogP contribution in [0, 0.1) is 18.8 Å². The predicted molar refractivity (Wildman–Crippen MR) is 103 cm³/mol. The van der Waals surface area contributed by atoms with Gasteiger partial charge in [0.1, 0.15) is 11.1 Å². The van der Waals surface area contributed by atoms with Crippen molar-refractivity contribution < 1.29 is 4.42 Å². The molecule has 0 radical (unpaired) electrons. The van der Waals surface area contributed by atoms with Crippen LogP contribution in [0.2, 0.25) is 0 Å². The molecule has 0 atom stereocenters. The lowest BCUT2D eigenvalue weighted by Crippen LogP contribution is -2.07. The fraction of sp³-hybridized carbons (Fsp3) is 0.0435. The van der Waals surface area contributed by atoms with Crippen molar-refractivity contribution in [2.75, 3.05) is 0 Å². The van der Waals surface area contributed by atoms with Crippen LogP contribution in [0.5, 0.6) is 0 Å². The van der Waals surface area contributed by atoms with Gasteiger partial charge in [-0.05, 0) is 36.2 Å². The third kappa shape index (κ3) is 3.01. The molecule has 0 unspecified atom stereocenters. The monoisotopic (exact) mass is 337 g/mol. The molecule has 0 saturated carbocycles. The van der Waals surface area contributed by atoms with Crippen LogP contribution in [0.4, 0.5) is 0 Å². The van der Waals surface area contributed by atoms with Crippen molar-refractivity contribution in [1.82, 2.24) is 4.98 Å². The van der Waals surface area contributed by atoms with E-state index < -0.39 is 5.63 Å². The van der Waals surface area contributed by atoms with Gasteiger partial charge in [0.2, 0.25) is 0 Å². The molecular formula is C23H15NO2. The largest absolute Gasteiger partial charge is 0.422 e. The molecule has 0 N–H and O–H groups in total. The number of hydrogen-bond acceptors (Lipinski definition) is 3. The first-order valence-corrected chi connectivity index (χ1v) is 8.27. The second-order valence-electron chi connectivity index (χ2n) is 6.00. The molecule has 0 spiro atoms. The second kappa shape index (κ2) is 6.70. The summed E-state index contributed by atoms with van der Waals surface area (Å²) < 4.78 is 5.55. The Balaban J connectivity index is 2.03. The third-order valence-electron chi connectivity index (χ3n) is 4.12. The van der Waals surface area contributed by atoms with Crippen LogP contribution in [0.25, 0.3) is 22.1 Å². The summed E-state index contributed by atoms with van der Waals surface area (Å²) in [4.78, 5) is 16.7. The van der Waals surface area contributed by atoms with Crippen LogP contribution in [0.3, 0.4) is 0 Å². The lowest BCUT2D eigenvalue weighted by atomic mass is 9.96. The molecule has 2 aromatic heterocycles. The number of aryl methyl sites for hydroxylation is 1. The number of aromatic nitrogens is 1. The summed E-state index contributed by atoms with van der Waals surface area (Å²) in [5.41, 5.74) is 4.01. The molecule has 0 bridgehead atoms. The highest BCUT2D eigenvalue weighted by atomic mass is 16.4. The average Bonchev–Trinajstić information content (AvgIpc) is 2.67. The minimum absolute atomic E-state index is 0.358. The highest BCUT2D eigenvalue weighted by molar-refractivity contribution is 5.96.